The molecule has 0 fully saturated rings. The van der Waals surface area contributed by atoms with Crippen molar-refractivity contribution < 1.29 is 0 Å². The largest absolute Gasteiger partial charge is 0.322 e. The van der Waals surface area contributed by atoms with E-state index < -0.39 is 0 Å². The predicted octanol–water partition coefficient (Wildman–Crippen LogP) is 4.85. The van der Waals surface area contributed by atoms with Crippen molar-refractivity contribution in [1.29, 1.82) is 0 Å². The zero-order chi connectivity index (χ0) is 18.0. The number of nitrogens with two attached hydrogens (primary N) is 1. The lowest BCUT2D eigenvalue weighted by atomic mass is 10.2. The van der Waals surface area contributed by atoms with Crippen LogP contribution in [0.3, 0.4) is 0 Å². The third kappa shape index (κ3) is 4.06. The van der Waals surface area contributed by atoms with E-state index in [1.807, 2.05) is 36.6 Å². The summed E-state index contributed by atoms with van der Waals surface area (Å²) in [5.74, 6) is 1.55. The molecule has 1 heterocycles. The third-order valence-corrected chi connectivity index (χ3v) is 5.16. The van der Waals surface area contributed by atoms with Crippen molar-refractivity contribution in [3.63, 3.8) is 0 Å². The lowest BCUT2D eigenvalue weighted by Gasteiger charge is -2.15. The molecule has 130 valence electrons. The Morgan fingerprint density at radius 2 is 1.96 bits per heavy atom. The van der Waals surface area contributed by atoms with Crippen LogP contribution >= 0.6 is 23.4 Å². The summed E-state index contributed by atoms with van der Waals surface area (Å²) in [6.45, 7) is 6.06. The summed E-state index contributed by atoms with van der Waals surface area (Å²) < 4.78 is 2.02. The van der Waals surface area contributed by atoms with Crippen LogP contribution < -0.4 is 5.73 Å². The van der Waals surface area contributed by atoms with Crippen LogP contribution in [0.4, 0.5) is 0 Å². The van der Waals surface area contributed by atoms with Gasteiger partial charge in [0.05, 0.1) is 11.7 Å². The van der Waals surface area contributed by atoms with Gasteiger partial charge in [-0.3, -0.25) is 4.57 Å². The van der Waals surface area contributed by atoms with E-state index >= 15 is 0 Å². The first-order chi connectivity index (χ1) is 12.0. The Morgan fingerprint density at radius 3 is 2.68 bits per heavy atom. The van der Waals surface area contributed by atoms with Crippen molar-refractivity contribution in [3.05, 3.63) is 70.0 Å². The van der Waals surface area contributed by atoms with Gasteiger partial charge in [0.2, 0.25) is 0 Å². The van der Waals surface area contributed by atoms with E-state index in [1.165, 1.54) is 11.1 Å². The van der Waals surface area contributed by atoms with Crippen LogP contribution in [0.25, 0.3) is 5.69 Å². The molecule has 1 aromatic heterocycles. The van der Waals surface area contributed by atoms with Crippen molar-refractivity contribution in [2.75, 3.05) is 0 Å². The van der Waals surface area contributed by atoms with Gasteiger partial charge in [0.1, 0.15) is 0 Å². The summed E-state index contributed by atoms with van der Waals surface area (Å²) in [6.07, 6.45) is 0. The molecule has 4 nitrogen and oxygen atoms in total. The number of thioether (sulfide) groups is 1. The molecular weight excluding hydrogens is 352 g/mol. The highest BCUT2D eigenvalue weighted by Crippen LogP contribution is 2.30. The average molecular weight is 373 g/mol. The fourth-order valence-electron chi connectivity index (χ4n) is 2.67. The molecule has 3 aromatic rings. The monoisotopic (exact) mass is 372 g/mol. The fourth-order valence-corrected chi connectivity index (χ4v) is 3.73. The number of aromatic nitrogens is 3. The quantitative estimate of drug-likeness (QED) is 0.650. The van der Waals surface area contributed by atoms with E-state index in [0.717, 1.165) is 28.0 Å². The van der Waals surface area contributed by atoms with Gasteiger partial charge < -0.3 is 5.73 Å². The van der Waals surface area contributed by atoms with Crippen LogP contribution in [-0.2, 0) is 5.75 Å². The number of hydrogen-bond acceptors (Lipinski definition) is 4. The molecule has 2 aromatic carbocycles. The molecule has 1 unspecified atom stereocenters. The summed E-state index contributed by atoms with van der Waals surface area (Å²) in [5.41, 5.74) is 10.7. The highest BCUT2D eigenvalue weighted by Gasteiger charge is 2.19. The number of nitrogens with zero attached hydrogens (tertiary/aromatic N) is 3. The molecule has 0 bridgehead atoms. The molecule has 0 radical (unpaired) electrons. The topological polar surface area (TPSA) is 56.7 Å². The second-order valence-corrected chi connectivity index (χ2v) is 7.55. The van der Waals surface area contributed by atoms with Crippen LogP contribution in [0.2, 0.25) is 5.02 Å². The molecule has 2 N–H and O–H groups in total. The molecule has 3 rings (SSSR count). The maximum Gasteiger partial charge on any atom is 0.196 e. The Hall–Kier alpha value is -1.82. The lowest BCUT2D eigenvalue weighted by Crippen LogP contribution is -2.13. The smallest absolute Gasteiger partial charge is 0.196 e. The molecule has 0 amide bonds. The van der Waals surface area contributed by atoms with Gasteiger partial charge >= 0.3 is 0 Å². The van der Waals surface area contributed by atoms with E-state index in [4.69, 9.17) is 17.3 Å². The molecule has 0 aliphatic heterocycles. The Balaban J connectivity index is 1.99. The van der Waals surface area contributed by atoms with Crippen molar-refractivity contribution in [2.24, 2.45) is 5.73 Å². The molecular formula is C19H21ClN4S. The summed E-state index contributed by atoms with van der Waals surface area (Å²) in [7, 11) is 0. The molecule has 0 saturated carbocycles. The van der Waals surface area contributed by atoms with Crippen LogP contribution in [0.1, 0.15) is 35.5 Å². The Kier molecular flexibility index (Phi) is 5.47. The Morgan fingerprint density at radius 1 is 1.16 bits per heavy atom. The Bertz CT molecular complexity index is 889. The first-order valence-electron chi connectivity index (χ1n) is 8.11. The third-order valence-electron chi connectivity index (χ3n) is 3.93. The normalized spacial score (nSPS) is 12.4. The zero-order valence-corrected chi connectivity index (χ0v) is 16.1. The summed E-state index contributed by atoms with van der Waals surface area (Å²) in [5, 5.41) is 10.2. The van der Waals surface area contributed by atoms with Gasteiger partial charge in [-0.1, -0.05) is 59.3 Å². The van der Waals surface area contributed by atoms with Crippen molar-refractivity contribution in [3.8, 4) is 5.69 Å². The number of hydrogen-bond donors (Lipinski definition) is 1. The summed E-state index contributed by atoms with van der Waals surface area (Å²) in [4.78, 5) is 0. The highest BCUT2D eigenvalue weighted by molar-refractivity contribution is 7.98. The van der Waals surface area contributed by atoms with Gasteiger partial charge in [0, 0.05) is 10.8 Å². The van der Waals surface area contributed by atoms with Gasteiger partial charge in [-0.2, -0.15) is 0 Å². The van der Waals surface area contributed by atoms with Gasteiger partial charge in [-0.15, -0.1) is 10.2 Å². The van der Waals surface area contributed by atoms with Gasteiger partial charge in [-0.05, 0) is 44.0 Å². The van der Waals surface area contributed by atoms with Crippen molar-refractivity contribution >= 4 is 23.4 Å². The summed E-state index contributed by atoms with van der Waals surface area (Å²) >= 11 is 7.86. The van der Waals surface area contributed by atoms with Crippen LogP contribution in [0.15, 0.2) is 47.6 Å². The maximum atomic E-state index is 6.22. The molecule has 1 atom stereocenters. The predicted molar refractivity (Wildman–Crippen MR) is 104 cm³/mol. The van der Waals surface area contributed by atoms with Crippen LogP contribution in [-0.4, -0.2) is 14.8 Å². The number of rotatable bonds is 5. The van der Waals surface area contributed by atoms with Crippen LogP contribution in [0.5, 0.6) is 0 Å². The van der Waals surface area contributed by atoms with E-state index in [1.54, 1.807) is 11.8 Å². The van der Waals surface area contributed by atoms with Gasteiger partial charge in [-0.25, -0.2) is 0 Å². The maximum absolute atomic E-state index is 6.22. The lowest BCUT2D eigenvalue weighted by molar-refractivity contribution is 0.703. The first kappa shape index (κ1) is 18.0. The second kappa shape index (κ2) is 7.60. The number of benzene rings is 2. The summed E-state index contributed by atoms with van der Waals surface area (Å²) in [6, 6.07) is 14.1. The zero-order valence-electron chi connectivity index (χ0n) is 14.5. The molecule has 6 heteroatoms. The minimum Gasteiger partial charge on any atom is -0.322 e. The number of halogens is 1. The van der Waals surface area contributed by atoms with E-state index in [-0.39, 0.29) is 6.04 Å². The number of aryl methyl sites for hydroxylation is 2. The van der Waals surface area contributed by atoms with Gasteiger partial charge in [0.15, 0.2) is 11.0 Å². The van der Waals surface area contributed by atoms with E-state index in [2.05, 4.69) is 41.4 Å². The van der Waals surface area contributed by atoms with E-state index in [0.29, 0.717) is 5.02 Å². The van der Waals surface area contributed by atoms with E-state index in [9.17, 15) is 0 Å². The standard InChI is InChI=1S/C19H21ClN4S/c1-12-5-4-6-15(9-12)11-25-19-23-22-18(14(3)21)24(19)17-10-16(20)8-7-13(17)2/h4-10,14H,11,21H2,1-3H3. The van der Waals surface area contributed by atoms with Crippen molar-refractivity contribution in [2.45, 2.75) is 37.7 Å². The second-order valence-electron chi connectivity index (χ2n) is 6.17. The fraction of sp³-hybridized carbons (Fsp3) is 0.263. The van der Waals surface area contributed by atoms with Gasteiger partial charge in [0.25, 0.3) is 0 Å². The first-order valence-corrected chi connectivity index (χ1v) is 9.48. The van der Waals surface area contributed by atoms with Crippen LogP contribution in [0, 0.1) is 13.8 Å². The molecule has 0 aliphatic carbocycles. The highest BCUT2D eigenvalue weighted by atomic mass is 35.5. The van der Waals surface area contributed by atoms with Crippen molar-refractivity contribution in [1.82, 2.24) is 14.8 Å². The molecule has 0 spiro atoms. The minimum absolute atomic E-state index is 0.223. The molecule has 25 heavy (non-hydrogen) atoms. The molecule has 0 aliphatic rings. The Labute approximate surface area is 157 Å². The molecule has 0 saturated heterocycles. The SMILES string of the molecule is Cc1cccc(CSc2nnc(C(C)N)n2-c2cc(Cl)ccc2C)c1. The average Bonchev–Trinajstić information content (AvgIpc) is 2.99. The minimum atomic E-state index is -0.223.